The normalized spacial score (nSPS) is 18.8. The summed E-state index contributed by atoms with van der Waals surface area (Å²) in [4.78, 5) is 22.4. The van der Waals surface area contributed by atoms with E-state index < -0.39 is 0 Å². The lowest BCUT2D eigenvalue weighted by atomic mass is 9.93. The molecule has 1 aliphatic rings. The maximum absolute atomic E-state index is 10.9. The van der Waals surface area contributed by atoms with Crippen LogP contribution in [0, 0.1) is 12.8 Å². The van der Waals surface area contributed by atoms with Gasteiger partial charge in [0.25, 0.3) is 0 Å². The average Bonchev–Trinajstić information content (AvgIpc) is 2.45. The Balaban J connectivity index is 2.04. The molecule has 1 fully saturated rings. The topological polar surface area (TPSA) is 72.1 Å². The van der Waals surface area contributed by atoms with Crippen LogP contribution < -0.4 is 10.6 Å². The van der Waals surface area contributed by atoms with E-state index >= 15 is 0 Å². The van der Waals surface area contributed by atoms with Crippen molar-refractivity contribution >= 4 is 11.7 Å². The Morgan fingerprint density at radius 2 is 2.29 bits per heavy atom. The molecule has 0 aliphatic carbocycles. The van der Waals surface area contributed by atoms with Crippen molar-refractivity contribution in [2.45, 2.75) is 52.4 Å². The predicted octanol–water partition coefficient (Wildman–Crippen LogP) is 2.22. The van der Waals surface area contributed by atoms with Crippen molar-refractivity contribution in [1.29, 1.82) is 0 Å². The third kappa shape index (κ3) is 4.69. The molecular formula is C16H26N4O. The van der Waals surface area contributed by atoms with Crippen molar-refractivity contribution in [3.63, 3.8) is 0 Å². The van der Waals surface area contributed by atoms with E-state index in [2.05, 4.69) is 27.9 Å². The second-order valence-corrected chi connectivity index (χ2v) is 5.97. The third-order valence-corrected chi connectivity index (χ3v) is 4.03. The Labute approximate surface area is 127 Å². The standard InChI is InChI=1S/C16H26N4O/c1-3-5-14-10-16(19-12(2)18-14)20-9-4-6-13(11-20)7-8-15(17)21/h10,13H,3-9,11H2,1-2H3,(H2,17,21)/t13-/m0/s1. The molecule has 21 heavy (non-hydrogen) atoms. The lowest BCUT2D eigenvalue weighted by Gasteiger charge is -2.33. The number of aromatic nitrogens is 2. The highest BCUT2D eigenvalue weighted by molar-refractivity contribution is 5.73. The van der Waals surface area contributed by atoms with E-state index in [9.17, 15) is 4.79 Å². The number of hydrogen-bond donors (Lipinski definition) is 1. The van der Waals surface area contributed by atoms with Crippen LogP contribution in [-0.2, 0) is 11.2 Å². The SMILES string of the molecule is CCCc1cc(N2CCC[C@@H](CCC(N)=O)C2)nc(C)n1. The first-order valence-corrected chi connectivity index (χ1v) is 7.96. The van der Waals surface area contributed by atoms with Crippen LogP contribution in [0.2, 0.25) is 0 Å². The van der Waals surface area contributed by atoms with Crippen LogP contribution in [0.25, 0.3) is 0 Å². The molecule has 1 atom stereocenters. The Hall–Kier alpha value is -1.65. The number of hydrogen-bond acceptors (Lipinski definition) is 4. The number of carbonyl (C=O) groups excluding carboxylic acids is 1. The highest BCUT2D eigenvalue weighted by atomic mass is 16.1. The largest absolute Gasteiger partial charge is 0.370 e. The number of primary amides is 1. The Morgan fingerprint density at radius 1 is 1.48 bits per heavy atom. The van der Waals surface area contributed by atoms with Gasteiger partial charge in [-0.1, -0.05) is 13.3 Å². The molecule has 0 aromatic carbocycles. The number of nitrogens with zero attached hydrogens (tertiary/aromatic N) is 3. The first kappa shape index (κ1) is 15.7. The van der Waals surface area contributed by atoms with Gasteiger partial charge in [-0.05, 0) is 38.5 Å². The van der Waals surface area contributed by atoms with E-state index in [0.717, 1.165) is 56.1 Å². The molecule has 0 spiro atoms. The number of rotatable bonds is 6. The first-order valence-electron chi connectivity index (χ1n) is 7.96. The summed E-state index contributed by atoms with van der Waals surface area (Å²) in [6.45, 7) is 6.12. The molecule has 116 valence electrons. The number of carbonyl (C=O) groups is 1. The van der Waals surface area contributed by atoms with Gasteiger partial charge in [0.1, 0.15) is 11.6 Å². The van der Waals surface area contributed by atoms with Crippen LogP contribution in [0.3, 0.4) is 0 Å². The molecule has 5 nitrogen and oxygen atoms in total. The summed E-state index contributed by atoms with van der Waals surface area (Å²) in [7, 11) is 0. The van der Waals surface area contributed by atoms with Crippen molar-refractivity contribution < 1.29 is 4.79 Å². The van der Waals surface area contributed by atoms with Gasteiger partial charge in [-0.3, -0.25) is 4.79 Å². The Kier molecular flexibility index (Phi) is 5.53. The molecule has 2 heterocycles. The van der Waals surface area contributed by atoms with Crippen LogP contribution in [-0.4, -0.2) is 29.0 Å². The molecule has 5 heteroatoms. The Bertz CT molecular complexity index is 489. The summed E-state index contributed by atoms with van der Waals surface area (Å²) in [6, 6.07) is 2.12. The molecule has 1 amide bonds. The second-order valence-electron chi connectivity index (χ2n) is 5.97. The fourth-order valence-corrected chi connectivity index (χ4v) is 3.01. The summed E-state index contributed by atoms with van der Waals surface area (Å²) >= 11 is 0. The van der Waals surface area contributed by atoms with Gasteiger partial charge < -0.3 is 10.6 Å². The van der Waals surface area contributed by atoms with Crippen molar-refractivity contribution in [3.8, 4) is 0 Å². The third-order valence-electron chi connectivity index (χ3n) is 4.03. The van der Waals surface area contributed by atoms with Crippen LogP contribution in [0.15, 0.2) is 6.07 Å². The number of amides is 1. The van der Waals surface area contributed by atoms with Gasteiger partial charge in [-0.25, -0.2) is 9.97 Å². The molecule has 2 rings (SSSR count). The number of piperidine rings is 1. The fourth-order valence-electron chi connectivity index (χ4n) is 3.01. The van der Waals surface area contributed by atoms with Crippen LogP contribution in [0.5, 0.6) is 0 Å². The van der Waals surface area contributed by atoms with Gasteiger partial charge in [-0.2, -0.15) is 0 Å². The Morgan fingerprint density at radius 3 is 3.00 bits per heavy atom. The van der Waals surface area contributed by atoms with E-state index in [-0.39, 0.29) is 5.91 Å². The molecule has 1 aromatic rings. The van der Waals surface area contributed by atoms with Crippen molar-refractivity contribution in [2.75, 3.05) is 18.0 Å². The van der Waals surface area contributed by atoms with Crippen LogP contribution >= 0.6 is 0 Å². The zero-order chi connectivity index (χ0) is 15.2. The average molecular weight is 290 g/mol. The van der Waals surface area contributed by atoms with E-state index in [4.69, 9.17) is 5.73 Å². The molecular weight excluding hydrogens is 264 g/mol. The van der Waals surface area contributed by atoms with Gasteiger partial charge in [-0.15, -0.1) is 0 Å². The second kappa shape index (κ2) is 7.38. The van der Waals surface area contributed by atoms with E-state index in [1.165, 1.54) is 6.42 Å². The van der Waals surface area contributed by atoms with E-state index in [0.29, 0.717) is 12.3 Å². The number of aryl methyl sites for hydroxylation is 2. The minimum Gasteiger partial charge on any atom is -0.370 e. The minimum absolute atomic E-state index is 0.199. The summed E-state index contributed by atoms with van der Waals surface area (Å²) in [5.41, 5.74) is 6.38. The van der Waals surface area contributed by atoms with Crippen molar-refractivity contribution in [1.82, 2.24) is 9.97 Å². The van der Waals surface area contributed by atoms with E-state index in [1.54, 1.807) is 0 Å². The summed E-state index contributed by atoms with van der Waals surface area (Å²) in [5, 5.41) is 0. The monoisotopic (exact) mass is 290 g/mol. The van der Waals surface area contributed by atoms with Crippen LogP contribution in [0.1, 0.15) is 50.5 Å². The van der Waals surface area contributed by atoms with Crippen molar-refractivity contribution in [2.24, 2.45) is 11.7 Å². The van der Waals surface area contributed by atoms with Gasteiger partial charge in [0.05, 0.1) is 0 Å². The highest BCUT2D eigenvalue weighted by Crippen LogP contribution is 2.25. The zero-order valence-corrected chi connectivity index (χ0v) is 13.1. The molecule has 1 aliphatic heterocycles. The minimum atomic E-state index is -0.199. The zero-order valence-electron chi connectivity index (χ0n) is 13.1. The molecule has 0 saturated carbocycles. The van der Waals surface area contributed by atoms with Gasteiger partial charge in [0, 0.05) is 31.3 Å². The summed E-state index contributed by atoms with van der Waals surface area (Å²) in [6.07, 6.45) is 5.79. The maximum Gasteiger partial charge on any atom is 0.217 e. The highest BCUT2D eigenvalue weighted by Gasteiger charge is 2.21. The van der Waals surface area contributed by atoms with Gasteiger partial charge in [0.2, 0.25) is 5.91 Å². The molecule has 0 radical (unpaired) electrons. The van der Waals surface area contributed by atoms with Crippen molar-refractivity contribution in [3.05, 3.63) is 17.6 Å². The smallest absolute Gasteiger partial charge is 0.217 e. The van der Waals surface area contributed by atoms with Gasteiger partial charge >= 0.3 is 0 Å². The summed E-state index contributed by atoms with van der Waals surface area (Å²) in [5.74, 6) is 2.22. The lowest BCUT2D eigenvalue weighted by Crippen LogP contribution is -2.36. The van der Waals surface area contributed by atoms with Gasteiger partial charge in [0.15, 0.2) is 0 Å². The molecule has 0 bridgehead atoms. The molecule has 2 N–H and O–H groups in total. The molecule has 0 unspecified atom stereocenters. The summed E-state index contributed by atoms with van der Waals surface area (Å²) < 4.78 is 0. The quantitative estimate of drug-likeness (QED) is 0.872. The lowest BCUT2D eigenvalue weighted by molar-refractivity contribution is -0.118. The fraction of sp³-hybridized carbons (Fsp3) is 0.688. The van der Waals surface area contributed by atoms with Crippen LogP contribution in [0.4, 0.5) is 5.82 Å². The predicted molar refractivity (Wildman–Crippen MR) is 84.1 cm³/mol. The number of anilines is 1. The van der Waals surface area contributed by atoms with E-state index in [1.807, 2.05) is 6.92 Å². The first-order chi connectivity index (χ1) is 10.1. The molecule has 1 aromatic heterocycles. The maximum atomic E-state index is 10.9. The molecule has 1 saturated heterocycles. The number of nitrogens with two attached hydrogens (primary N) is 1.